The number of guanidine groups is 1. The van der Waals surface area contributed by atoms with Crippen LogP contribution in [0.4, 0.5) is 13.2 Å². The van der Waals surface area contributed by atoms with E-state index in [9.17, 15) is 13.2 Å². The third-order valence-corrected chi connectivity index (χ3v) is 3.96. The Kier molecular flexibility index (Phi) is 6.18. The summed E-state index contributed by atoms with van der Waals surface area (Å²) in [7, 11) is 0. The number of nitrogens with zero attached hydrogens (tertiary/aromatic N) is 1. The van der Waals surface area contributed by atoms with Crippen LogP contribution in [-0.2, 0) is 24.4 Å². The number of hydrogen-bond acceptors (Lipinski definition) is 3. The number of aliphatic imine (C=N–C) groups is 1. The topological polar surface area (TPSA) is 54.9 Å². The van der Waals surface area contributed by atoms with Crippen molar-refractivity contribution in [2.75, 3.05) is 13.3 Å². The summed E-state index contributed by atoms with van der Waals surface area (Å²) in [5.41, 5.74) is 1.40. The van der Waals surface area contributed by atoms with E-state index in [4.69, 9.17) is 9.47 Å². The van der Waals surface area contributed by atoms with Crippen molar-refractivity contribution in [3.63, 3.8) is 0 Å². The molecule has 0 bridgehead atoms. The minimum Gasteiger partial charge on any atom is -0.467 e. The number of nitrogens with one attached hydrogen (secondary N) is 2. The first kappa shape index (κ1) is 19.0. The van der Waals surface area contributed by atoms with Crippen molar-refractivity contribution < 1.29 is 22.6 Å². The number of rotatable bonds is 5. The van der Waals surface area contributed by atoms with Crippen molar-refractivity contribution >= 4 is 5.96 Å². The van der Waals surface area contributed by atoms with Gasteiger partial charge in [0.25, 0.3) is 0 Å². The highest BCUT2D eigenvalue weighted by Gasteiger charge is 2.17. The highest BCUT2D eigenvalue weighted by Crippen LogP contribution is 2.29. The van der Waals surface area contributed by atoms with E-state index in [1.165, 1.54) is 12.1 Å². The van der Waals surface area contributed by atoms with E-state index in [0.29, 0.717) is 29.4 Å². The van der Waals surface area contributed by atoms with Gasteiger partial charge in [0.2, 0.25) is 0 Å². The first-order valence-electron chi connectivity index (χ1n) is 8.54. The lowest BCUT2D eigenvalue weighted by Gasteiger charge is -2.20. The third kappa shape index (κ3) is 4.91. The third-order valence-electron chi connectivity index (χ3n) is 3.96. The van der Waals surface area contributed by atoms with Gasteiger partial charge in [-0.2, -0.15) is 0 Å². The Morgan fingerprint density at radius 3 is 2.70 bits per heavy atom. The maximum Gasteiger partial charge on any atom is 0.191 e. The molecule has 0 atom stereocenters. The number of halogens is 3. The molecule has 0 amide bonds. The zero-order chi connectivity index (χ0) is 19.2. The molecule has 0 aromatic heterocycles. The Labute approximate surface area is 155 Å². The van der Waals surface area contributed by atoms with E-state index in [2.05, 4.69) is 15.6 Å². The van der Waals surface area contributed by atoms with Crippen molar-refractivity contribution in [3.8, 4) is 5.75 Å². The van der Waals surface area contributed by atoms with Crippen LogP contribution in [0.5, 0.6) is 5.75 Å². The molecule has 0 spiro atoms. The molecule has 2 aromatic carbocycles. The maximum atomic E-state index is 13.8. The van der Waals surface area contributed by atoms with E-state index in [-0.39, 0.29) is 32.1 Å². The van der Waals surface area contributed by atoms with Crippen molar-refractivity contribution in [1.82, 2.24) is 10.6 Å². The minimum atomic E-state index is -0.513. The van der Waals surface area contributed by atoms with Crippen LogP contribution in [0.25, 0.3) is 0 Å². The largest absolute Gasteiger partial charge is 0.467 e. The molecule has 0 saturated heterocycles. The summed E-state index contributed by atoms with van der Waals surface area (Å²) in [4.78, 5) is 4.39. The van der Waals surface area contributed by atoms with Gasteiger partial charge in [0.1, 0.15) is 23.2 Å². The molecule has 0 saturated carbocycles. The number of ether oxygens (including phenoxy) is 2. The molecule has 0 fully saturated rings. The molecule has 27 heavy (non-hydrogen) atoms. The summed E-state index contributed by atoms with van der Waals surface area (Å²) in [6.07, 6.45) is 0. The molecular weight excluding hydrogens is 359 g/mol. The van der Waals surface area contributed by atoms with Crippen LogP contribution >= 0.6 is 0 Å². The Morgan fingerprint density at radius 2 is 1.89 bits per heavy atom. The number of benzene rings is 2. The molecule has 0 aliphatic carbocycles. The second-order valence-electron chi connectivity index (χ2n) is 5.95. The SMILES string of the molecule is CCNC(=NCc1cc(F)cc2c1OCOC2)NCc1cc(F)ccc1F. The van der Waals surface area contributed by atoms with Crippen LogP contribution in [0.1, 0.15) is 23.6 Å². The van der Waals surface area contributed by atoms with Crippen LogP contribution < -0.4 is 15.4 Å². The van der Waals surface area contributed by atoms with Gasteiger partial charge in [-0.25, -0.2) is 18.2 Å². The molecule has 0 unspecified atom stereocenters. The van der Waals surface area contributed by atoms with Gasteiger partial charge in [0, 0.05) is 29.8 Å². The lowest BCUT2D eigenvalue weighted by atomic mass is 10.1. The van der Waals surface area contributed by atoms with Gasteiger partial charge in [-0.05, 0) is 37.3 Å². The fourth-order valence-corrected chi connectivity index (χ4v) is 2.74. The smallest absolute Gasteiger partial charge is 0.191 e. The number of hydrogen-bond donors (Lipinski definition) is 2. The summed E-state index contributed by atoms with van der Waals surface area (Å²) >= 11 is 0. The Balaban J connectivity index is 1.74. The van der Waals surface area contributed by atoms with Crippen LogP contribution in [0.3, 0.4) is 0 Å². The predicted octanol–water partition coefficient (Wildman–Crippen LogP) is 3.23. The molecule has 144 valence electrons. The molecular formula is C19H20F3N3O2. The lowest BCUT2D eigenvalue weighted by Crippen LogP contribution is -2.37. The predicted molar refractivity (Wildman–Crippen MR) is 94.7 cm³/mol. The second kappa shape index (κ2) is 8.77. The molecule has 2 N–H and O–H groups in total. The van der Waals surface area contributed by atoms with Crippen LogP contribution in [-0.4, -0.2) is 19.3 Å². The monoisotopic (exact) mass is 379 g/mol. The summed E-state index contributed by atoms with van der Waals surface area (Å²) in [6, 6.07) is 6.01. The van der Waals surface area contributed by atoms with E-state index >= 15 is 0 Å². The highest BCUT2D eigenvalue weighted by molar-refractivity contribution is 5.79. The van der Waals surface area contributed by atoms with E-state index in [1.807, 2.05) is 6.92 Å². The van der Waals surface area contributed by atoms with E-state index in [0.717, 1.165) is 18.2 Å². The van der Waals surface area contributed by atoms with Gasteiger partial charge < -0.3 is 20.1 Å². The maximum absolute atomic E-state index is 13.8. The molecule has 2 aromatic rings. The average molecular weight is 379 g/mol. The van der Waals surface area contributed by atoms with Gasteiger partial charge in [0.15, 0.2) is 12.8 Å². The Morgan fingerprint density at radius 1 is 1.07 bits per heavy atom. The molecule has 0 radical (unpaired) electrons. The molecule has 5 nitrogen and oxygen atoms in total. The fraction of sp³-hybridized carbons (Fsp3) is 0.316. The van der Waals surface area contributed by atoms with E-state index in [1.54, 1.807) is 0 Å². The summed E-state index contributed by atoms with van der Waals surface area (Å²) in [5, 5.41) is 5.96. The van der Waals surface area contributed by atoms with E-state index < -0.39 is 17.5 Å². The molecule has 1 heterocycles. The Hall–Kier alpha value is -2.74. The van der Waals surface area contributed by atoms with Gasteiger partial charge in [-0.3, -0.25) is 0 Å². The second-order valence-corrected chi connectivity index (χ2v) is 5.95. The zero-order valence-corrected chi connectivity index (χ0v) is 14.8. The van der Waals surface area contributed by atoms with Gasteiger partial charge >= 0.3 is 0 Å². The van der Waals surface area contributed by atoms with Crippen LogP contribution in [0.2, 0.25) is 0 Å². The molecule has 1 aliphatic rings. The van der Waals surface area contributed by atoms with Gasteiger partial charge in [-0.15, -0.1) is 0 Å². The van der Waals surface area contributed by atoms with Crippen LogP contribution in [0.15, 0.2) is 35.3 Å². The first-order valence-corrected chi connectivity index (χ1v) is 8.54. The first-order chi connectivity index (χ1) is 13.1. The van der Waals surface area contributed by atoms with Crippen molar-refractivity contribution in [2.24, 2.45) is 4.99 Å². The van der Waals surface area contributed by atoms with Gasteiger partial charge in [-0.1, -0.05) is 0 Å². The molecule has 8 heteroatoms. The van der Waals surface area contributed by atoms with Crippen LogP contribution in [0, 0.1) is 17.5 Å². The zero-order valence-electron chi connectivity index (χ0n) is 14.8. The molecule has 1 aliphatic heterocycles. The lowest BCUT2D eigenvalue weighted by molar-refractivity contribution is -0.0172. The standard InChI is InChI=1S/C19H20F3N3O2/c1-2-23-19(24-8-12-5-15(20)3-4-17(12)22)25-9-13-6-16(21)7-14-10-26-11-27-18(13)14/h3-7H,2,8-11H2,1H3,(H2,23,24,25). The summed E-state index contributed by atoms with van der Waals surface area (Å²) in [5.74, 6) is -0.453. The fourth-order valence-electron chi connectivity index (χ4n) is 2.74. The Bertz CT molecular complexity index is 843. The van der Waals surface area contributed by atoms with Gasteiger partial charge in [0.05, 0.1) is 13.2 Å². The van der Waals surface area contributed by atoms with Crippen molar-refractivity contribution in [1.29, 1.82) is 0 Å². The van der Waals surface area contributed by atoms with Crippen molar-refractivity contribution in [3.05, 3.63) is 64.5 Å². The summed E-state index contributed by atoms with van der Waals surface area (Å²) < 4.78 is 51.5. The normalized spacial score (nSPS) is 13.7. The molecule has 3 rings (SSSR count). The van der Waals surface area contributed by atoms with Crippen molar-refractivity contribution in [2.45, 2.75) is 26.6 Å². The average Bonchev–Trinajstić information content (AvgIpc) is 2.66. The number of fused-ring (bicyclic) bond motifs is 1. The quantitative estimate of drug-likeness (QED) is 0.619. The highest BCUT2D eigenvalue weighted by atomic mass is 19.1. The summed E-state index contributed by atoms with van der Waals surface area (Å²) in [6.45, 7) is 3.04. The minimum absolute atomic E-state index is 0.0566.